The zero-order chi connectivity index (χ0) is 24.4. The van der Waals surface area contributed by atoms with Gasteiger partial charge in [-0.15, -0.1) is 0 Å². The molecule has 2 amide bonds. The lowest BCUT2D eigenvalue weighted by Gasteiger charge is -2.13. The maximum atomic E-state index is 12.5. The number of carbonyl (C=O) groups is 2. The van der Waals surface area contributed by atoms with Gasteiger partial charge in [0.1, 0.15) is 0 Å². The van der Waals surface area contributed by atoms with E-state index in [2.05, 4.69) is 22.5 Å². The summed E-state index contributed by atoms with van der Waals surface area (Å²) in [4.78, 5) is 24.6. The second-order valence-corrected chi connectivity index (χ2v) is 9.22. The number of ether oxygens (including phenoxy) is 2. The lowest BCUT2D eigenvalue weighted by Crippen LogP contribution is -2.42. The molecule has 2 aromatic carbocycles. The summed E-state index contributed by atoms with van der Waals surface area (Å²) < 4.78 is 38.3. The number of sulfonamides is 1. The maximum Gasteiger partial charge on any atom is 0.269 e. The molecule has 0 atom stereocenters. The van der Waals surface area contributed by atoms with Crippen molar-refractivity contribution < 1.29 is 27.5 Å². The number of hydrogen-bond acceptors (Lipinski definition) is 6. The average Bonchev–Trinajstić information content (AvgIpc) is 2.79. The number of nitrogens with one attached hydrogen (secondary N) is 3. The largest absolute Gasteiger partial charge is 0.493 e. The van der Waals surface area contributed by atoms with E-state index in [4.69, 9.17) is 9.47 Å². The van der Waals surface area contributed by atoms with Crippen molar-refractivity contribution in [2.45, 2.75) is 44.9 Å². The van der Waals surface area contributed by atoms with Gasteiger partial charge in [0.2, 0.25) is 15.9 Å². The van der Waals surface area contributed by atoms with Gasteiger partial charge < -0.3 is 9.47 Å². The Labute approximate surface area is 194 Å². The standard InChI is InChI=1S/C23H31N3O6S/c1-5-6-13-32-19-10-9-18(15-20(19)31-4)23(28)26-25-22(27)11-12-24-33(29,30)21-14-16(2)7-8-17(21)3/h7-10,14-15,24H,5-6,11-13H2,1-4H3,(H,25,27)(H,26,28). The van der Waals surface area contributed by atoms with Crippen LogP contribution in [-0.4, -0.2) is 40.5 Å². The highest BCUT2D eigenvalue weighted by molar-refractivity contribution is 7.89. The monoisotopic (exact) mass is 477 g/mol. The smallest absolute Gasteiger partial charge is 0.269 e. The fourth-order valence-corrected chi connectivity index (χ4v) is 4.25. The third-order valence-corrected chi connectivity index (χ3v) is 6.38. The fourth-order valence-electron chi connectivity index (χ4n) is 2.89. The van der Waals surface area contributed by atoms with Crippen molar-refractivity contribution in [2.75, 3.05) is 20.3 Å². The van der Waals surface area contributed by atoms with Gasteiger partial charge in [-0.25, -0.2) is 13.1 Å². The first-order chi connectivity index (χ1) is 15.7. The van der Waals surface area contributed by atoms with Crippen LogP contribution in [0.5, 0.6) is 11.5 Å². The van der Waals surface area contributed by atoms with Gasteiger partial charge in [-0.05, 0) is 55.7 Å². The minimum Gasteiger partial charge on any atom is -0.493 e. The highest BCUT2D eigenvalue weighted by atomic mass is 32.2. The predicted molar refractivity (Wildman–Crippen MR) is 125 cm³/mol. The molecule has 33 heavy (non-hydrogen) atoms. The molecule has 0 saturated carbocycles. The number of hydrazine groups is 1. The molecule has 0 heterocycles. The van der Waals surface area contributed by atoms with Crippen LogP contribution >= 0.6 is 0 Å². The van der Waals surface area contributed by atoms with Crippen LogP contribution in [0.15, 0.2) is 41.3 Å². The molecule has 2 rings (SSSR count). The van der Waals surface area contributed by atoms with E-state index in [0.717, 1.165) is 18.4 Å². The van der Waals surface area contributed by atoms with E-state index < -0.39 is 21.8 Å². The Kier molecular flexibility index (Phi) is 9.68. The molecular weight excluding hydrogens is 446 g/mol. The number of unbranched alkanes of at least 4 members (excludes halogenated alkanes) is 1. The van der Waals surface area contributed by atoms with E-state index in [9.17, 15) is 18.0 Å². The number of carbonyl (C=O) groups excluding carboxylic acids is 2. The summed E-state index contributed by atoms with van der Waals surface area (Å²) in [6.07, 6.45) is 1.74. The van der Waals surface area contributed by atoms with Gasteiger partial charge in [0, 0.05) is 18.5 Å². The molecule has 0 fully saturated rings. The maximum absolute atomic E-state index is 12.5. The topological polar surface area (TPSA) is 123 Å². The van der Waals surface area contributed by atoms with E-state index in [0.29, 0.717) is 23.7 Å². The van der Waals surface area contributed by atoms with Crippen LogP contribution < -0.4 is 25.0 Å². The second-order valence-electron chi connectivity index (χ2n) is 7.49. The molecule has 0 aromatic heterocycles. The van der Waals surface area contributed by atoms with Gasteiger partial charge in [0.25, 0.3) is 5.91 Å². The number of benzene rings is 2. The van der Waals surface area contributed by atoms with Crippen LogP contribution in [0.2, 0.25) is 0 Å². The van der Waals surface area contributed by atoms with Crippen molar-refractivity contribution in [3.05, 3.63) is 53.1 Å². The summed E-state index contributed by atoms with van der Waals surface area (Å²) in [7, 11) is -2.27. The average molecular weight is 478 g/mol. The molecule has 0 spiro atoms. The molecule has 2 aromatic rings. The summed E-state index contributed by atoms with van der Waals surface area (Å²) in [5.41, 5.74) is 6.28. The Morgan fingerprint density at radius 2 is 1.76 bits per heavy atom. The van der Waals surface area contributed by atoms with E-state index in [-0.39, 0.29) is 23.4 Å². The number of aryl methyl sites for hydroxylation is 2. The summed E-state index contributed by atoms with van der Waals surface area (Å²) in [6, 6.07) is 9.84. The number of hydrogen-bond donors (Lipinski definition) is 3. The molecule has 0 radical (unpaired) electrons. The van der Waals surface area contributed by atoms with E-state index in [1.165, 1.54) is 13.2 Å². The van der Waals surface area contributed by atoms with Crippen LogP contribution in [0.25, 0.3) is 0 Å². The van der Waals surface area contributed by atoms with Gasteiger partial charge in [0.15, 0.2) is 11.5 Å². The third-order valence-electron chi connectivity index (χ3n) is 4.77. The van der Waals surface area contributed by atoms with Crippen LogP contribution in [0.4, 0.5) is 0 Å². The van der Waals surface area contributed by atoms with Crippen molar-refractivity contribution in [3.8, 4) is 11.5 Å². The first-order valence-electron chi connectivity index (χ1n) is 10.6. The van der Waals surface area contributed by atoms with E-state index in [1.807, 2.05) is 6.07 Å². The quantitative estimate of drug-likeness (QED) is 0.338. The SMILES string of the molecule is CCCCOc1ccc(C(=O)NNC(=O)CCNS(=O)(=O)c2cc(C)ccc2C)cc1OC. The highest BCUT2D eigenvalue weighted by Gasteiger charge is 2.17. The van der Waals surface area contributed by atoms with Crippen molar-refractivity contribution in [3.63, 3.8) is 0 Å². The zero-order valence-corrected chi connectivity index (χ0v) is 20.2. The molecule has 10 heteroatoms. The van der Waals surface area contributed by atoms with E-state index >= 15 is 0 Å². The Bertz CT molecular complexity index is 1090. The van der Waals surface area contributed by atoms with Gasteiger partial charge in [0.05, 0.1) is 18.6 Å². The predicted octanol–water partition coefficient (Wildman–Crippen LogP) is 2.62. The number of rotatable bonds is 11. The highest BCUT2D eigenvalue weighted by Crippen LogP contribution is 2.28. The van der Waals surface area contributed by atoms with Crippen molar-refractivity contribution in [2.24, 2.45) is 0 Å². The molecule has 0 saturated heterocycles. The van der Waals surface area contributed by atoms with Crippen molar-refractivity contribution in [1.29, 1.82) is 0 Å². The molecule has 0 unspecified atom stereocenters. The normalized spacial score (nSPS) is 11.0. The summed E-state index contributed by atoms with van der Waals surface area (Å²) >= 11 is 0. The molecule has 0 bridgehead atoms. The fraction of sp³-hybridized carbons (Fsp3) is 0.391. The summed E-state index contributed by atoms with van der Waals surface area (Å²) in [5.74, 6) is -0.148. The van der Waals surface area contributed by atoms with Crippen molar-refractivity contribution >= 4 is 21.8 Å². The minimum absolute atomic E-state index is 0.116. The molecule has 0 aliphatic carbocycles. The minimum atomic E-state index is -3.75. The Morgan fingerprint density at radius 1 is 1.00 bits per heavy atom. The molecule has 180 valence electrons. The Morgan fingerprint density at radius 3 is 2.45 bits per heavy atom. The van der Waals surface area contributed by atoms with Crippen LogP contribution in [0.1, 0.15) is 47.7 Å². The number of amides is 2. The van der Waals surface area contributed by atoms with Gasteiger partial charge in [-0.3, -0.25) is 20.4 Å². The van der Waals surface area contributed by atoms with E-state index in [1.54, 1.807) is 38.1 Å². The van der Waals surface area contributed by atoms with Crippen LogP contribution in [0, 0.1) is 13.8 Å². The molecule has 0 aliphatic rings. The van der Waals surface area contributed by atoms with Crippen molar-refractivity contribution in [1.82, 2.24) is 15.6 Å². The lowest BCUT2D eigenvalue weighted by molar-refractivity contribution is -0.121. The molecular formula is C23H31N3O6S. The van der Waals surface area contributed by atoms with Crippen LogP contribution in [-0.2, 0) is 14.8 Å². The third kappa shape index (κ3) is 7.76. The first-order valence-corrected chi connectivity index (χ1v) is 12.1. The summed E-state index contributed by atoms with van der Waals surface area (Å²) in [6.45, 7) is 5.99. The second kappa shape index (κ2) is 12.2. The molecule has 3 N–H and O–H groups in total. The molecule has 0 aliphatic heterocycles. The van der Waals surface area contributed by atoms with Gasteiger partial charge >= 0.3 is 0 Å². The van der Waals surface area contributed by atoms with Crippen LogP contribution in [0.3, 0.4) is 0 Å². The van der Waals surface area contributed by atoms with Gasteiger partial charge in [-0.1, -0.05) is 25.5 Å². The first kappa shape index (κ1) is 26.1. The zero-order valence-electron chi connectivity index (χ0n) is 19.4. The van der Waals surface area contributed by atoms with Gasteiger partial charge in [-0.2, -0.15) is 0 Å². The molecule has 9 nitrogen and oxygen atoms in total. The Balaban J connectivity index is 1.85. The number of methoxy groups -OCH3 is 1. The summed E-state index contributed by atoms with van der Waals surface area (Å²) in [5, 5.41) is 0. The lowest BCUT2D eigenvalue weighted by atomic mass is 10.2. The Hall–Kier alpha value is -3.11.